The summed E-state index contributed by atoms with van der Waals surface area (Å²) in [5.41, 5.74) is 1.81. The van der Waals surface area contributed by atoms with Crippen molar-refractivity contribution < 1.29 is 9.21 Å². The van der Waals surface area contributed by atoms with E-state index in [1.165, 1.54) is 22.8 Å². The average molecular weight is 415 g/mol. The summed E-state index contributed by atoms with van der Waals surface area (Å²) in [6.07, 6.45) is 5.77. The number of fused-ring (bicyclic) bond motifs is 2. The number of aromatic nitrogens is 3. The fourth-order valence-corrected chi connectivity index (χ4v) is 3.57. The Balaban J connectivity index is 2.10. The van der Waals surface area contributed by atoms with Gasteiger partial charge in [-0.15, -0.1) is 0 Å². The molecule has 0 N–H and O–H groups in total. The molecule has 4 aromatic rings. The number of amides is 1. The summed E-state index contributed by atoms with van der Waals surface area (Å²) in [4.78, 5) is 34.8. The second-order valence-corrected chi connectivity index (χ2v) is 7.29. The maximum absolute atomic E-state index is 13.2. The van der Waals surface area contributed by atoms with E-state index in [-0.39, 0.29) is 22.4 Å². The maximum Gasteiger partial charge on any atom is 0.314 e. The fourth-order valence-electron chi connectivity index (χ4n) is 3.57. The molecule has 8 nitrogen and oxygen atoms in total. The largest absolute Gasteiger partial charge is 0.459 e. The van der Waals surface area contributed by atoms with E-state index in [1.807, 2.05) is 13.0 Å². The van der Waals surface area contributed by atoms with Gasteiger partial charge in [0, 0.05) is 12.7 Å². The van der Waals surface area contributed by atoms with Gasteiger partial charge in [0.2, 0.25) is 0 Å². The minimum absolute atomic E-state index is 0.0754. The van der Waals surface area contributed by atoms with Crippen LogP contribution >= 0.6 is 0 Å². The summed E-state index contributed by atoms with van der Waals surface area (Å²) >= 11 is 0. The lowest BCUT2D eigenvalue weighted by Gasteiger charge is -2.14. The second kappa shape index (κ2) is 8.40. The smallest absolute Gasteiger partial charge is 0.314 e. The number of aryl methyl sites for hydroxylation is 2. The van der Waals surface area contributed by atoms with Crippen molar-refractivity contribution in [1.29, 1.82) is 5.26 Å². The van der Waals surface area contributed by atoms with Gasteiger partial charge < -0.3 is 8.98 Å². The van der Waals surface area contributed by atoms with E-state index in [9.17, 15) is 14.9 Å². The zero-order chi connectivity index (χ0) is 22.0. The van der Waals surface area contributed by atoms with E-state index in [0.29, 0.717) is 23.2 Å². The predicted molar refractivity (Wildman–Crippen MR) is 115 cm³/mol. The van der Waals surface area contributed by atoms with Crippen LogP contribution in [0.4, 0.5) is 0 Å². The topological polar surface area (TPSA) is 106 Å². The summed E-state index contributed by atoms with van der Waals surface area (Å²) in [7, 11) is 0. The molecular weight excluding hydrogens is 394 g/mol. The van der Waals surface area contributed by atoms with Crippen LogP contribution in [-0.2, 0) is 6.54 Å². The summed E-state index contributed by atoms with van der Waals surface area (Å²) in [6.45, 7) is 4.44. The zero-order valence-electron chi connectivity index (χ0n) is 17.3. The molecule has 0 fully saturated rings. The highest BCUT2D eigenvalue weighted by Gasteiger charge is 2.16. The summed E-state index contributed by atoms with van der Waals surface area (Å²) in [6, 6.07) is 10.3. The average Bonchev–Trinajstić information content (AvgIpc) is 3.31. The number of furan rings is 1. The standard InChI is InChI=1S/C23H21N5O3/c1-3-4-5-10-27-20(26-22(29)18-9-7-12-31-18)16(14-24)13-17-21(27)25-19-15(2)8-6-11-28(19)23(17)30/h6-9,11-13H,3-5,10H2,1-2H3. The number of nitrogens with zero attached hydrogens (tertiary/aromatic N) is 5. The van der Waals surface area contributed by atoms with Crippen LogP contribution in [0.1, 0.15) is 47.9 Å². The quantitative estimate of drug-likeness (QED) is 0.367. The van der Waals surface area contributed by atoms with Crippen LogP contribution in [-0.4, -0.2) is 19.9 Å². The van der Waals surface area contributed by atoms with E-state index in [2.05, 4.69) is 18.0 Å². The zero-order valence-corrected chi connectivity index (χ0v) is 17.3. The van der Waals surface area contributed by atoms with E-state index >= 15 is 0 Å². The molecule has 0 radical (unpaired) electrons. The van der Waals surface area contributed by atoms with Crippen molar-refractivity contribution in [2.75, 3.05) is 0 Å². The van der Waals surface area contributed by atoms with Crippen LogP contribution in [0.25, 0.3) is 16.7 Å². The van der Waals surface area contributed by atoms with Gasteiger partial charge in [0.25, 0.3) is 5.56 Å². The normalized spacial score (nSPS) is 11.8. The molecule has 0 saturated carbocycles. The predicted octanol–water partition coefficient (Wildman–Crippen LogP) is 3.35. The number of hydrogen-bond acceptors (Lipinski definition) is 5. The van der Waals surface area contributed by atoms with Crippen LogP contribution in [0.5, 0.6) is 0 Å². The van der Waals surface area contributed by atoms with Crippen LogP contribution < -0.4 is 11.0 Å². The lowest BCUT2D eigenvalue weighted by Crippen LogP contribution is -2.29. The molecule has 4 rings (SSSR count). The molecule has 156 valence electrons. The van der Waals surface area contributed by atoms with Crippen molar-refractivity contribution in [3.63, 3.8) is 0 Å². The van der Waals surface area contributed by atoms with E-state index in [0.717, 1.165) is 24.8 Å². The van der Waals surface area contributed by atoms with Gasteiger partial charge in [0.1, 0.15) is 17.4 Å². The molecule has 0 bridgehead atoms. The molecule has 0 aliphatic heterocycles. The van der Waals surface area contributed by atoms with Crippen molar-refractivity contribution >= 4 is 22.6 Å². The van der Waals surface area contributed by atoms with Crippen molar-refractivity contribution in [2.45, 2.75) is 39.7 Å². The molecule has 0 aliphatic rings. The highest BCUT2D eigenvalue weighted by molar-refractivity contribution is 5.92. The van der Waals surface area contributed by atoms with Crippen LogP contribution in [0.2, 0.25) is 0 Å². The molecule has 31 heavy (non-hydrogen) atoms. The summed E-state index contributed by atoms with van der Waals surface area (Å²) in [5, 5.41) is 10.1. The number of unbranched alkanes of at least 4 members (excludes halogenated alkanes) is 2. The van der Waals surface area contributed by atoms with E-state index in [1.54, 1.807) is 22.9 Å². The first kappa shape index (κ1) is 20.3. The fraction of sp³-hybridized carbons (Fsp3) is 0.261. The SMILES string of the molecule is CCCCCn1c(=NC(=O)c2ccco2)c(C#N)cc2c(=O)n3cccc(C)c3nc21. The molecule has 8 heteroatoms. The highest BCUT2D eigenvalue weighted by Crippen LogP contribution is 2.14. The molecule has 0 unspecified atom stereocenters. The number of nitriles is 1. The molecular formula is C23H21N5O3. The molecule has 0 aromatic carbocycles. The number of carbonyl (C=O) groups is 1. The van der Waals surface area contributed by atoms with E-state index in [4.69, 9.17) is 9.40 Å². The third-order valence-electron chi connectivity index (χ3n) is 5.15. The van der Waals surface area contributed by atoms with Crippen molar-refractivity contribution in [2.24, 2.45) is 4.99 Å². The van der Waals surface area contributed by atoms with Gasteiger partial charge in [0.05, 0.1) is 17.2 Å². The number of pyridine rings is 2. The first-order valence-corrected chi connectivity index (χ1v) is 10.1. The van der Waals surface area contributed by atoms with Gasteiger partial charge in [-0.05, 0) is 43.2 Å². The summed E-state index contributed by atoms with van der Waals surface area (Å²) in [5.74, 6) is -0.523. The van der Waals surface area contributed by atoms with Crippen molar-refractivity contribution in [1.82, 2.24) is 14.0 Å². The first-order valence-electron chi connectivity index (χ1n) is 10.1. The third kappa shape index (κ3) is 3.66. The Morgan fingerprint density at radius 2 is 2.10 bits per heavy atom. The van der Waals surface area contributed by atoms with Crippen molar-refractivity contribution in [3.8, 4) is 6.07 Å². The number of hydrogen-bond donors (Lipinski definition) is 0. The number of carbonyl (C=O) groups excluding carboxylic acids is 1. The van der Waals surface area contributed by atoms with Gasteiger partial charge in [-0.3, -0.25) is 14.0 Å². The molecule has 0 aliphatic carbocycles. The van der Waals surface area contributed by atoms with E-state index < -0.39 is 5.91 Å². The summed E-state index contributed by atoms with van der Waals surface area (Å²) < 4.78 is 8.33. The van der Waals surface area contributed by atoms with Crippen LogP contribution in [0.3, 0.4) is 0 Å². The lowest BCUT2D eigenvalue weighted by molar-refractivity contribution is 0.0970. The minimum atomic E-state index is -0.598. The Morgan fingerprint density at radius 1 is 1.26 bits per heavy atom. The Morgan fingerprint density at radius 3 is 2.81 bits per heavy atom. The molecule has 0 spiro atoms. The van der Waals surface area contributed by atoms with Gasteiger partial charge in [-0.2, -0.15) is 10.3 Å². The Bertz CT molecular complexity index is 1450. The van der Waals surface area contributed by atoms with Gasteiger partial charge in [0.15, 0.2) is 11.2 Å². The third-order valence-corrected chi connectivity index (χ3v) is 5.15. The molecule has 0 saturated heterocycles. The second-order valence-electron chi connectivity index (χ2n) is 7.29. The number of rotatable bonds is 5. The molecule has 4 heterocycles. The maximum atomic E-state index is 13.2. The first-order chi connectivity index (χ1) is 15.0. The molecule has 4 aromatic heterocycles. The van der Waals surface area contributed by atoms with Gasteiger partial charge in [-0.1, -0.05) is 25.8 Å². The Kier molecular flexibility index (Phi) is 5.50. The van der Waals surface area contributed by atoms with Gasteiger partial charge >= 0.3 is 5.91 Å². The van der Waals surface area contributed by atoms with Gasteiger partial charge in [-0.25, -0.2) is 4.98 Å². The Labute approximate surface area is 177 Å². The highest BCUT2D eigenvalue weighted by atomic mass is 16.3. The van der Waals surface area contributed by atoms with Crippen LogP contribution in [0.15, 0.2) is 57.0 Å². The van der Waals surface area contributed by atoms with Crippen LogP contribution in [0, 0.1) is 18.3 Å². The molecule has 0 atom stereocenters. The Hall–Kier alpha value is -3.99. The lowest BCUT2D eigenvalue weighted by atomic mass is 10.2. The molecule has 1 amide bonds. The monoisotopic (exact) mass is 415 g/mol. The minimum Gasteiger partial charge on any atom is -0.459 e. The van der Waals surface area contributed by atoms with Crippen molar-refractivity contribution in [3.05, 3.63) is 75.5 Å².